The number of carbonyl (C=O) groups excluding carboxylic acids is 2. The lowest BCUT2D eigenvalue weighted by Gasteiger charge is -2.31. The summed E-state index contributed by atoms with van der Waals surface area (Å²) >= 11 is 1.46. The number of likely N-dealkylation sites (N-methyl/N-ethyl adjacent to an activating group) is 1. The van der Waals surface area contributed by atoms with Gasteiger partial charge in [-0.15, -0.1) is 11.8 Å². The van der Waals surface area contributed by atoms with Gasteiger partial charge in [0.15, 0.2) is 0 Å². The van der Waals surface area contributed by atoms with E-state index in [9.17, 15) is 14.0 Å². The maximum absolute atomic E-state index is 13.0. The number of ether oxygens (including phenoxy) is 1. The molecule has 1 saturated heterocycles. The summed E-state index contributed by atoms with van der Waals surface area (Å²) < 4.78 is 18.2. The van der Waals surface area contributed by atoms with Crippen molar-refractivity contribution in [3.8, 4) is 5.75 Å². The lowest BCUT2D eigenvalue weighted by atomic mass is 10.1. The molecule has 2 unspecified atom stereocenters. The van der Waals surface area contributed by atoms with Crippen LogP contribution in [0.1, 0.15) is 11.1 Å². The topological polar surface area (TPSA) is 58.6 Å². The molecule has 1 aliphatic rings. The standard InChI is InChI=1S/C21H23FN2O3S/c1-24(12-15-4-3-5-17(10-15)27-2)21(26)18-13-28-19(20(25)23-18)11-14-6-8-16(22)9-7-14/h3-10,18-19H,11-13H2,1-2H3,(H,23,25). The molecule has 2 aromatic carbocycles. The van der Waals surface area contributed by atoms with E-state index in [4.69, 9.17) is 4.74 Å². The van der Waals surface area contributed by atoms with Crippen molar-refractivity contribution in [1.82, 2.24) is 10.2 Å². The minimum atomic E-state index is -0.544. The molecule has 0 saturated carbocycles. The van der Waals surface area contributed by atoms with Crippen LogP contribution in [0.15, 0.2) is 48.5 Å². The largest absolute Gasteiger partial charge is 0.497 e. The zero-order valence-corrected chi connectivity index (χ0v) is 16.7. The van der Waals surface area contributed by atoms with Gasteiger partial charge in [-0.05, 0) is 41.8 Å². The van der Waals surface area contributed by atoms with Crippen LogP contribution in [-0.4, -0.2) is 47.9 Å². The Morgan fingerprint density at radius 2 is 2.00 bits per heavy atom. The van der Waals surface area contributed by atoms with Crippen LogP contribution in [0.2, 0.25) is 0 Å². The quantitative estimate of drug-likeness (QED) is 0.807. The number of methoxy groups -OCH3 is 1. The highest BCUT2D eigenvalue weighted by Crippen LogP contribution is 2.23. The number of benzene rings is 2. The number of hydrogen-bond donors (Lipinski definition) is 1. The van der Waals surface area contributed by atoms with Gasteiger partial charge in [-0.25, -0.2) is 4.39 Å². The maximum Gasteiger partial charge on any atom is 0.246 e. The smallest absolute Gasteiger partial charge is 0.246 e. The monoisotopic (exact) mass is 402 g/mol. The van der Waals surface area contributed by atoms with Crippen molar-refractivity contribution in [3.63, 3.8) is 0 Å². The lowest BCUT2D eigenvalue weighted by Crippen LogP contribution is -2.54. The van der Waals surface area contributed by atoms with Gasteiger partial charge in [0.05, 0.1) is 12.4 Å². The maximum atomic E-state index is 13.0. The van der Waals surface area contributed by atoms with Crippen molar-refractivity contribution in [2.75, 3.05) is 19.9 Å². The fraction of sp³-hybridized carbons (Fsp3) is 0.333. The Morgan fingerprint density at radius 3 is 2.68 bits per heavy atom. The number of amides is 2. The van der Waals surface area contributed by atoms with Crippen LogP contribution in [0.4, 0.5) is 4.39 Å². The molecule has 1 fully saturated rings. The van der Waals surface area contributed by atoms with E-state index >= 15 is 0 Å². The first-order chi connectivity index (χ1) is 13.5. The van der Waals surface area contributed by atoms with Crippen LogP contribution >= 0.6 is 11.8 Å². The van der Waals surface area contributed by atoms with Gasteiger partial charge in [0.1, 0.15) is 17.6 Å². The first-order valence-electron chi connectivity index (χ1n) is 9.00. The predicted molar refractivity (Wildman–Crippen MR) is 108 cm³/mol. The Kier molecular flexibility index (Phi) is 6.57. The number of nitrogens with zero attached hydrogens (tertiary/aromatic N) is 1. The Bertz CT molecular complexity index is 844. The second-order valence-electron chi connectivity index (χ2n) is 6.76. The second-order valence-corrected chi connectivity index (χ2v) is 8.00. The zero-order valence-electron chi connectivity index (χ0n) is 15.9. The van der Waals surface area contributed by atoms with Gasteiger partial charge in [0.25, 0.3) is 0 Å². The minimum Gasteiger partial charge on any atom is -0.497 e. The average Bonchev–Trinajstić information content (AvgIpc) is 2.70. The molecule has 0 spiro atoms. The van der Waals surface area contributed by atoms with Gasteiger partial charge in [0.2, 0.25) is 11.8 Å². The van der Waals surface area contributed by atoms with E-state index in [1.807, 2.05) is 24.3 Å². The van der Waals surface area contributed by atoms with Crippen LogP contribution in [0.25, 0.3) is 0 Å². The highest BCUT2D eigenvalue weighted by molar-refractivity contribution is 8.00. The van der Waals surface area contributed by atoms with E-state index in [0.29, 0.717) is 18.7 Å². The van der Waals surface area contributed by atoms with Crippen LogP contribution in [0.5, 0.6) is 5.75 Å². The van der Waals surface area contributed by atoms with Gasteiger partial charge in [-0.2, -0.15) is 0 Å². The van der Waals surface area contributed by atoms with Crippen molar-refractivity contribution >= 4 is 23.6 Å². The summed E-state index contributed by atoms with van der Waals surface area (Å²) in [6, 6.07) is 13.1. The van der Waals surface area contributed by atoms with Crippen molar-refractivity contribution in [1.29, 1.82) is 0 Å². The normalized spacial score (nSPS) is 19.0. The second kappa shape index (κ2) is 9.10. The van der Waals surface area contributed by atoms with Crippen molar-refractivity contribution < 1.29 is 18.7 Å². The summed E-state index contributed by atoms with van der Waals surface area (Å²) in [6.45, 7) is 0.437. The zero-order chi connectivity index (χ0) is 20.1. The fourth-order valence-electron chi connectivity index (χ4n) is 3.10. The summed E-state index contributed by atoms with van der Waals surface area (Å²) in [5.41, 5.74) is 1.85. The van der Waals surface area contributed by atoms with Crippen LogP contribution in [0, 0.1) is 5.82 Å². The number of halogens is 1. The molecule has 5 nitrogen and oxygen atoms in total. The highest BCUT2D eigenvalue weighted by Gasteiger charge is 2.33. The average molecular weight is 402 g/mol. The molecule has 1 N–H and O–H groups in total. The molecule has 0 bridgehead atoms. The highest BCUT2D eigenvalue weighted by atomic mass is 32.2. The van der Waals surface area contributed by atoms with Gasteiger partial charge in [-0.3, -0.25) is 9.59 Å². The molecule has 3 rings (SSSR count). The molecule has 2 amide bonds. The summed E-state index contributed by atoms with van der Waals surface area (Å²) in [6.07, 6.45) is 0.511. The molecule has 1 heterocycles. The minimum absolute atomic E-state index is 0.121. The predicted octanol–water partition coefficient (Wildman–Crippen LogP) is 2.64. The number of carbonyl (C=O) groups is 2. The molecule has 2 atom stereocenters. The van der Waals surface area contributed by atoms with E-state index in [1.54, 1.807) is 31.2 Å². The van der Waals surface area contributed by atoms with E-state index in [0.717, 1.165) is 16.9 Å². The Labute approximate surface area is 168 Å². The van der Waals surface area contributed by atoms with Crippen molar-refractivity contribution in [2.45, 2.75) is 24.3 Å². The van der Waals surface area contributed by atoms with E-state index in [1.165, 1.54) is 23.9 Å². The van der Waals surface area contributed by atoms with Crippen LogP contribution in [0.3, 0.4) is 0 Å². The van der Waals surface area contributed by atoms with Crippen molar-refractivity contribution in [2.24, 2.45) is 0 Å². The third-order valence-corrected chi connectivity index (χ3v) is 5.94. The number of rotatable bonds is 6. The summed E-state index contributed by atoms with van der Waals surface area (Å²) in [5, 5.41) is 2.56. The summed E-state index contributed by atoms with van der Waals surface area (Å²) in [5.74, 6) is 0.675. The molecule has 0 radical (unpaired) electrons. The van der Waals surface area contributed by atoms with Gasteiger partial charge in [-0.1, -0.05) is 24.3 Å². The first-order valence-corrected chi connectivity index (χ1v) is 10.1. The van der Waals surface area contributed by atoms with E-state index in [2.05, 4.69) is 5.32 Å². The lowest BCUT2D eigenvalue weighted by molar-refractivity contribution is -0.135. The number of nitrogens with one attached hydrogen (secondary N) is 1. The van der Waals surface area contributed by atoms with Gasteiger partial charge in [0, 0.05) is 19.3 Å². The van der Waals surface area contributed by atoms with Gasteiger partial charge >= 0.3 is 0 Å². The van der Waals surface area contributed by atoms with Crippen LogP contribution < -0.4 is 10.1 Å². The molecule has 28 heavy (non-hydrogen) atoms. The SMILES string of the molecule is COc1cccc(CN(C)C(=O)C2CSC(Cc3ccc(F)cc3)C(=O)N2)c1. The van der Waals surface area contributed by atoms with Gasteiger partial charge < -0.3 is 15.0 Å². The molecular weight excluding hydrogens is 379 g/mol. The molecule has 2 aromatic rings. The van der Waals surface area contributed by atoms with E-state index < -0.39 is 6.04 Å². The molecular formula is C21H23FN2O3S. The molecule has 1 aliphatic heterocycles. The molecule has 7 heteroatoms. The van der Waals surface area contributed by atoms with Crippen molar-refractivity contribution in [3.05, 3.63) is 65.5 Å². The summed E-state index contributed by atoms with van der Waals surface area (Å²) in [7, 11) is 3.33. The molecule has 0 aromatic heterocycles. The molecule has 0 aliphatic carbocycles. The number of hydrogen-bond acceptors (Lipinski definition) is 4. The Hall–Kier alpha value is -2.54. The third kappa shape index (κ3) is 5.04. The van der Waals surface area contributed by atoms with E-state index in [-0.39, 0.29) is 22.9 Å². The Balaban J connectivity index is 1.55. The fourth-order valence-corrected chi connectivity index (χ4v) is 4.28. The number of thioether (sulfide) groups is 1. The summed E-state index contributed by atoms with van der Waals surface area (Å²) in [4.78, 5) is 26.8. The Morgan fingerprint density at radius 1 is 1.25 bits per heavy atom. The van der Waals surface area contributed by atoms with Crippen LogP contribution in [-0.2, 0) is 22.6 Å². The first kappa shape index (κ1) is 20.2. The third-order valence-electron chi connectivity index (χ3n) is 4.64. The molecule has 148 valence electrons.